The van der Waals surface area contributed by atoms with E-state index in [2.05, 4.69) is 33.2 Å². The minimum Gasteiger partial charge on any atom is -0.368 e. The smallest absolute Gasteiger partial charge is 0.249 e. The van der Waals surface area contributed by atoms with Crippen LogP contribution in [0.2, 0.25) is 0 Å². The summed E-state index contributed by atoms with van der Waals surface area (Å²) in [5, 5.41) is 13.3. The van der Waals surface area contributed by atoms with Crippen molar-refractivity contribution in [1.29, 1.82) is 0 Å². The van der Waals surface area contributed by atoms with Gasteiger partial charge in [-0.1, -0.05) is 18.2 Å². The Morgan fingerprint density at radius 1 is 1.12 bits per heavy atom. The second-order valence-corrected chi connectivity index (χ2v) is 11.5. The van der Waals surface area contributed by atoms with E-state index in [-0.39, 0.29) is 12.0 Å². The maximum atomic E-state index is 12.2. The first-order valence-corrected chi connectivity index (χ1v) is 14.6. The van der Waals surface area contributed by atoms with Gasteiger partial charge in [-0.15, -0.1) is 0 Å². The third-order valence-corrected chi connectivity index (χ3v) is 8.63. The number of ether oxygens (including phenoxy) is 1. The second-order valence-electron chi connectivity index (χ2n) is 11.5. The average Bonchev–Trinajstić information content (AvgIpc) is 3.60. The second kappa shape index (κ2) is 11.2. The molecule has 1 saturated carbocycles. The fourth-order valence-corrected chi connectivity index (χ4v) is 6.13. The molecule has 1 aliphatic rings. The van der Waals surface area contributed by atoms with Crippen molar-refractivity contribution in [1.82, 2.24) is 34.9 Å². The lowest BCUT2D eigenvalue weighted by Gasteiger charge is -2.36. The highest BCUT2D eigenvalue weighted by Crippen LogP contribution is 2.42. The first kappa shape index (κ1) is 28.5. The van der Waals surface area contributed by atoms with Crippen molar-refractivity contribution in [3.63, 3.8) is 0 Å². The van der Waals surface area contributed by atoms with Crippen molar-refractivity contribution in [2.75, 3.05) is 12.0 Å². The van der Waals surface area contributed by atoms with Gasteiger partial charge in [0.2, 0.25) is 5.91 Å². The molecule has 0 unspecified atom stereocenters. The van der Waals surface area contributed by atoms with E-state index in [9.17, 15) is 4.79 Å². The van der Waals surface area contributed by atoms with Gasteiger partial charge >= 0.3 is 0 Å². The van der Waals surface area contributed by atoms with Gasteiger partial charge in [-0.05, 0) is 83.2 Å². The normalized spacial score (nSPS) is 19.4. The number of anilines is 2. The van der Waals surface area contributed by atoms with Crippen LogP contribution in [0, 0.1) is 20.8 Å². The number of benzene rings is 1. The Kier molecular flexibility index (Phi) is 7.43. The number of fused-ring (bicyclic) bond motifs is 1. The van der Waals surface area contributed by atoms with Crippen LogP contribution in [0.15, 0.2) is 54.7 Å². The molecule has 1 fully saturated rings. The van der Waals surface area contributed by atoms with Crippen molar-refractivity contribution in [3.05, 3.63) is 83.2 Å². The zero-order valence-corrected chi connectivity index (χ0v) is 25.2. The summed E-state index contributed by atoms with van der Waals surface area (Å²) in [6, 6.07) is 16.0. The molecule has 11 heteroatoms. The number of amides is 1. The predicted octanol–water partition coefficient (Wildman–Crippen LogP) is 5.29. The zero-order chi connectivity index (χ0) is 30.3. The molecule has 4 aromatic heterocycles. The topological polar surface area (TPSA) is 141 Å². The van der Waals surface area contributed by atoms with Gasteiger partial charge in [0.15, 0.2) is 11.6 Å². The molecule has 11 nitrogen and oxygen atoms in total. The summed E-state index contributed by atoms with van der Waals surface area (Å²) in [7, 11) is 1.56. The monoisotopic (exact) mass is 579 g/mol. The number of carbonyl (C=O) groups excluding carboxylic acids is 1. The van der Waals surface area contributed by atoms with E-state index in [0.717, 1.165) is 56.8 Å². The Morgan fingerprint density at radius 3 is 2.49 bits per heavy atom. The molecule has 0 spiro atoms. The Labute approximate surface area is 250 Å². The van der Waals surface area contributed by atoms with Crippen LogP contribution in [0.3, 0.4) is 0 Å². The number of nitrogens with zero attached hydrogens (tertiary/aromatic N) is 7. The zero-order valence-electron chi connectivity index (χ0n) is 25.2. The molecule has 4 heterocycles. The number of aromatic amines is 1. The number of carbonyl (C=O) groups is 1. The molecule has 1 aromatic carbocycles. The highest BCUT2D eigenvalue weighted by Gasteiger charge is 2.42. The number of nitrogens with two attached hydrogens (primary N) is 1. The first-order chi connectivity index (χ1) is 20.7. The lowest BCUT2D eigenvalue weighted by atomic mass is 9.78. The molecule has 3 N–H and O–H groups in total. The maximum Gasteiger partial charge on any atom is 0.249 e. The van der Waals surface area contributed by atoms with Crippen molar-refractivity contribution in [3.8, 4) is 5.82 Å². The summed E-state index contributed by atoms with van der Waals surface area (Å²) < 4.78 is 7.45. The van der Waals surface area contributed by atoms with Crippen LogP contribution < -0.4 is 10.6 Å². The van der Waals surface area contributed by atoms with Gasteiger partial charge < -0.3 is 15.4 Å². The molecule has 43 heavy (non-hydrogen) atoms. The fourth-order valence-electron chi connectivity index (χ4n) is 6.13. The van der Waals surface area contributed by atoms with Crippen LogP contribution in [0.1, 0.15) is 73.0 Å². The summed E-state index contributed by atoms with van der Waals surface area (Å²) in [5.74, 6) is 2.66. The van der Waals surface area contributed by atoms with Crippen LogP contribution in [0.5, 0.6) is 0 Å². The van der Waals surface area contributed by atoms with E-state index in [1.54, 1.807) is 7.11 Å². The van der Waals surface area contributed by atoms with Gasteiger partial charge in [-0.25, -0.2) is 19.6 Å². The minimum atomic E-state index is -0.935. The van der Waals surface area contributed by atoms with Crippen molar-refractivity contribution in [2.45, 2.75) is 70.9 Å². The number of pyridine rings is 1. The molecular weight excluding hydrogens is 542 g/mol. The molecule has 0 radical (unpaired) electrons. The van der Waals surface area contributed by atoms with Gasteiger partial charge in [-0.2, -0.15) is 10.2 Å². The molecule has 1 aliphatic carbocycles. The van der Waals surface area contributed by atoms with Crippen LogP contribution in [-0.4, -0.2) is 53.5 Å². The largest absolute Gasteiger partial charge is 0.368 e. The van der Waals surface area contributed by atoms with Gasteiger partial charge in [0.25, 0.3) is 0 Å². The summed E-state index contributed by atoms with van der Waals surface area (Å²) in [6.07, 6.45) is 4.34. The number of aromatic nitrogens is 7. The summed E-state index contributed by atoms with van der Waals surface area (Å²) in [4.78, 5) is 29.3. The highest BCUT2D eigenvalue weighted by molar-refractivity contribution is 5.91. The third kappa shape index (κ3) is 5.25. The SMILES string of the molecule is COC1(C(N)=O)CCC(c2nc(N(c3cc(C)[nH]n3)[C@@H](C)c3ccc(-n4nc(C)cc4C)nc3)c3ccccc3n2)CC1. The van der Waals surface area contributed by atoms with Crippen LogP contribution in [0.4, 0.5) is 11.6 Å². The summed E-state index contributed by atoms with van der Waals surface area (Å²) in [6.45, 7) is 8.10. The fraction of sp³-hybridized carbons (Fsp3) is 0.375. The molecule has 0 bridgehead atoms. The number of H-pyrrole nitrogens is 1. The third-order valence-electron chi connectivity index (χ3n) is 8.63. The number of nitrogens with one attached hydrogen (secondary N) is 1. The summed E-state index contributed by atoms with van der Waals surface area (Å²) >= 11 is 0. The molecular formula is C32H37N9O2. The Hall–Kier alpha value is -4.64. The van der Waals surface area contributed by atoms with Crippen molar-refractivity contribution >= 4 is 28.4 Å². The van der Waals surface area contributed by atoms with E-state index in [1.165, 1.54) is 0 Å². The molecule has 222 valence electrons. The number of rotatable bonds is 8. The minimum absolute atomic E-state index is 0.0609. The average molecular weight is 580 g/mol. The number of methoxy groups -OCH3 is 1. The number of hydrogen-bond donors (Lipinski definition) is 2. The van der Waals surface area contributed by atoms with Crippen LogP contribution in [-0.2, 0) is 9.53 Å². The van der Waals surface area contributed by atoms with E-state index in [1.807, 2.05) is 74.1 Å². The van der Waals surface area contributed by atoms with Gasteiger partial charge in [0.1, 0.15) is 17.2 Å². The van der Waals surface area contributed by atoms with E-state index >= 15 is 0 Å². The standard InChI is InChI=1S/C32H37N9O2/c1-19-17-28(38-37-19)40(22(4)24-10-11-27(34-18-24)41-21(3)16-20(2)39-41)30-25-8-6-7-9-26(25)35-29(36-30)23-12-14-32(43-5,15-13-23)31(33)42/h6-11,16-18,22-23H,12-15H2,1-5H3,(H2,33,42)(H,37,38)/t22-,23?,32?/m0/s1. The Bertz CT molecular complexity index is 1770. The summed E-state index contributed by atoms with van der Waals surface area (Å²) in [5.41, 5.74) is 9.55. The number of aryl methyl sites for hydroxylation is 3. The molecule has 1 atom stereocenters. The van der Waals surface area contributed by atoms with Crippen molar-refractivity contribution in [2.24, 2.45) is 5.73 Å². The highest BCUT2D eigenvalue weighted by atomic mass is 16.5. The van der Waals surface area contributed by atoms with Crippen molar-refractivity contribution < 1.29 is 9.53 Å². The van der Waals surface area contributed by atoms with E-state index in [4.69, 9.17) is 25.4 Å². The van der Waals surface area contributed by atoms with E-state index < -0.39 is 11.5 Å². The Morgan fingerprint density at radius 2 is 1.88 bits per heavy atom. The van der Waals surface area contributed by atoms with Crippen LogP contribution >= 0.6 is 0 Å². The maximum absolute atomic E-state index is 12.2. The number of primary amides is 1. The van der Waals surface area contributed by atoms with E-state index in [0.29, 0.717) is 25.7 Å². The van der Waals surface area contributed by atoms with Gasteiger partial charge in [-0.3, -0.25) is 9.89 Å². The van der Waals surface area contributed by atoms with Gasteiger partial charge in [0, 0.05) is 42.1 Å². The molecule has 1 amide bonds. The lowest BCUT2D eigenvalue weighted by molar-refractivity contribution is -0.144. The molecule has 6 rings (SSSR count). The molecule has 5 aromatic rings. The Balaban J connectivity index is 1.41. The quantitative estimate of drug-likeness (QED) is 0.253. The van der Waals surface area contributed by atoms with Gasteiger partial charge in [0.05, 0.1) is 17.3 Å². The first-order valence-electron chi connectivity index (χ1n) is 14.6. The number of hydrogen-bond acceptors (Lipinski definition) is 8. The molecule has 0 saturated heterocycles. The number of para-hydroxylation sites is 1. The van der Waals surface area contributed by atoms with Crippen LogP contribution in [0.25, 0.3) is 16.7 Å². The lowest BCUT2D eigenvalue weighted by Crippen LogP contribution is -2.48. The predicted molar refractivity (Wildman–Crippen MR) is 164 cm³/mol. The molecule has 0 aliphatic heterocycles.